The number of benzene rings is 1. The summed E-state index contributed by atoms with van der Waals surface area (Å²) in [5.41, 5.74) is 2.08. The fourth-order valence-corrected chi connectivity index (χ4v) is 2.12. The zero-order valence-corrected chi connectivity index (χ0v) is 12.8. The Balaban J connectivity index is 1.97. The summed E-state index contributed by atoms with van der Waals surface area (Å²) in [7, 11) is 0. The van der Waals surface area contributed by atoms with Gasteiger partial charge in [0, 0.05) is 31.5 Å². The number of aryl methyl sites for hydroxylation is 2. The van der Waals surface area contributed by atoms with Crippen molar-refractivity contribution in [1.29, 1.82) is 0 Å². The third kappa shape index (κ3) is 3.90. The first-order valence-electron chi connectivity index (χ1n) is 7.31. The Bertz CT molecular complexity index is 586. The lowest BCUT2D eigenvalue weighted by atomic mass is 10.1. The maximum atomic E-state index is 11.9. The van der Waals surface area contributed by atoms with Crippen LogP contribution in [0.4, 0.5) is 0 Å². The van der Waals surface area contributed by atoms with Crippen LogP contribution in [0.3, 0.4) is 0 Å². The van der Waals surface area contributed by atoms with Crippen LogP contribution < -0.4 is 0 Å². The van der Waals surface area contributed by atoms with Crippen molar-refractivity contribution in [2.45, 2.75) is 33.6 Å². The van der Waals surface area contributed by atoms with Gasteiger partial charge in [-0.2, -0.15) is 0 Å². The number of carbonyl (C=O) groups excluding carboxylic acids is 1. The lowest BCUT2D eigenvalue weighted by Crippen LogP contribution is -2.30. The number of hydrogen-bond donors (Lipinski definition) is 0. The third-order valence-corrected chi connectivity index (χ3v) is 3.43. The van der Waals surface area contributed by atoms with Gasteiger partial charge in [0.05, 0.1) is 0 Å². The van der Waals surface area contributed by atoms with Crippen molar-refractivity contribution >= 4 is 5.91 Å². The molecular formula is C16H21N3O2. The lowest BCUT2D eigenvalue weighted by Gasteiger charge is -2.17. The Labute approximate surface area is 125 Å². The first-order valence-corrected chi connectivity index (χ1v) is 7.31. The number of rotatable bonds is 6. The van der Waals surface area contributed by atoms with Gasteiger partial charge in [-0.25, -0.2) is 0 Å². The fourth-order valence-electron chi connectivity index (χ4n) is 2.12. The number of aromatic nitrogens is 2. The molecule has 21 heavy (non-hydrogen) atoms. The second-order valence-corrected chi connectivity index (χ2v) is 4.93. The van der Waals surface area contributed by atoms with Gasteiger partial charge in [0.25, 0.3) is 0 Å². The van der Waals surface area contributed by atoms with Gasteiger partial charge in [-0.05, 0) is 32.9 Å². The molecule has 0 saturated carbocycles. The van der Waals surface area contributed by atoms with Crippen LogP contribution >= 0.6 is 0 Å². The van der Waals surface area contributed by atoms with Crippen LogP contribution in [0, 0.1) is 6.92 Å². The molecule has 5 nitrogen and oxygen atoms in total. The van der Waals surface area contributed by atoms with E-state index in [1.54, 1.807) is 4.90 Å². The van der Waals surface area contributed by atoms with Crippen LogP contribution in [-0.4, -0.2) is 34.1 Å². The van der Waals surface area contributed by atoms with E-state index in [-0.39, 0.29) is 5.91 Å². The van der Waals surface area contributed by atoms with Crippen molar-refractivity contribution in [3.63, 3.8) is 0 Å². The van der Waals surface area contributed by atoms with E-state index in [1.165, 1.54) is 5.56 Å². The van der Waals surface area contributed by atoms with Gasteiger partial charge in [0.1, 0.15) is 0 Å². The van der Waals surface area contributed by atoms with Crippen LogP contribution in [0.15, 0.2) is 28.7 Å². The van der Waals surface area contributed by atoms with Crippen molar-refractivity contribution in [3.05, 3.63) is 35.7 Å². The summed E-state index contributed by atoms with van der Waals surface area (Å²) >= 11 is 0. The van der Waals surface area contributed by atoms with Crippen molar-refractivity contribution in [2.75, 3.05) is 13.1 Å². The fraction of sp³-hybridized carbons (Fsp3) is 0.438. The number of nitrogens with zero attached hydrogens (tertiary/aromatic N) is 3. The predicted octanol–water partition coefficient (Wildman–Crippen LogP) is 2.85. The minimum Gasteiger partial charge on any atom is -0.421 e. The molecule has 0 fully saturated rings. The van der Waals surface area contributed by atoms with Gasteiger partial charge < -0.3 is 9.32 Å². The zero-order chi connectivity index (χ0) is 15.2. The smallest absolute Gasteiger partial charge is 0.247 e. The van der Waals surface area contributed by atoms with E-state index in [9.17, 15) is 4.79 Å². The van der Waals surface area contributed by atoms with Crippen molar-refractivity contribution in [1.82, 2.24) is 15.1 Å². The van der Waals surface area contributed by atoms with E-state index in [2.05, 4.69) is 10.2 Å². The molecule has 0 spiro atoms. The highest BCUT2D eigenvalue weighted by Crippen LogP contribution is 2.18. The van der Waals surface area contributed by atoms with E-state index in [1.807, 2.05) is 45.0 Å². The molecule has 2 aromatic rings. The van der Waals surface area contributed by atoms with E-state index >= 15 is 0 Å². The number of hydrogen-bond acceptors (Lipinski definition) is 4. The molecule has 0 aliphatic carbocycles. The van der Waals surface area contributed by atoms with Crippen LogP contribution in [0.1, 0.15) is 31.7 Å². The lowest BCUT2D eigenvalue weighted by molar-refractivity contribution is -0.130. The molecule has 0 N–H and O–H groups in total. The Morgan fingerprint density at radius 2 is 1.81 bits per heavy atom. The molecule has 1 aromatic heterocycles. The molecule has 1 heterocycles. The summed E-state index contributed by atoms with van der Waals surface area (Å²) in [4.78, 5) is 13.7. The van der Waals surface area contributed by atoms with E-state index in [0.29, 0.717) is 24.6 Å². The minimum absolute atomic E-state index is 0.120. The Morgan fingerprint density at radius 3 is 2.43 bits per heavy atom. The molecule has 0 saturated heterocycles. The van der Waals surface area contributed by atoms with Crippen LogP contribution in [0.2, 0.25) is 0 Å². The molecular weight excluding hydrogens is 266 g/mol. The van der Waals surface area contributed by atoms with Gasteiger partial charge >= 0.3 is 0 Å². The SMILES string of the molecule is CCN(CC)C(=O)CCc1nnc(-c2ccc(C)cc2)o1. The molecule has 0 atom stereocenters. The van der Waals surface area contributed by atoms with Gasteiger partial charge in [0.2, 0.25) is 17.7 Å². The van der Waals surface area contributed by atoms with Crippen LogP contribution in [0.25, 0.3) is 11.5 Å². The van der Waals surface area contributed by atoms with Crippen molar-refractivity contribution in [2.24, 2.45) is 0 Å². The Kier molecular flexibility index (Phi) is 5.09. The van der Waals surface area contributed by atoms with E-state index < -0.39 is 0 Å². The third-order valence-electron chi connectivity index (χ3n) is 3.43. The molecule has 0 unspecified atom stereocenters. The predicted molar refractivity (Wildman–Crippen MR) is 80.7 cm³/mol. The van der Waals surface area contributed by atoms with Gasteiger partial charge in [0.15, 0.2) is 0 Å². The summed E-state index contributed by atoms with van der Waals surface area (Å²) in [6, 6.07) is 7.91. The molecule has 112 valence electrons. The zero-order valence-electron chi connectivity index (χ0n) is 12.8. The summed E-state index contributed by atoms with van der Waals surface area (Å²) in [5, 5.41) is 8.05. The normalized spacial score (nSPS) is 10.6. The maximum absolute atomic E-state index is 11.9. The van der Waals surface area contributed by atoms with Crippen LogP contribution in [0.5, 0.6) is 0 Å². The highest BCUT2D eigenvalue weighted by molar-refractivity contribution is 5.76. The topological polar surface area (TPSA) is 59.2 Å². The van der Waals surface area contributed by atoms with Crippen LogP contribution in [-0.2, 0) is 11.2 Å². The van der Waals surface area contributed by atoms with E-state index in [0.717, 1.165) is 18.7 Å². The molecule has 0 radical (unpaired) electrons. The standard InChI is InChI=1S/C16H21N3O2/c1-4-19(5-2)15(20)11-10-14-17-18-16(21-14)13-8-6-12(3)7-9-13/h6-9H,4-5,10-11H2,1-3H3. The van der Waals surface area contributed by atoms with Gasteiger partial charge in [-0.15, -0.1) is 10.2 Å². The van der Waals surface area contributed by atoms with Gasteiger partial charge in [-0.1, -0.05) is 17.7 Å². The highest BCUT2D eigenvalue weighted by Gasteiger charge is 2.13. The monoisotopic (exact) mass is 287 g/mol. The summed E-state index contributed by atoms with van der Waals surface area (Å²) in [6.45, 7) is 7.44. The molecule has 5 heteroatoms. The second kappa shape index (κ2) is 7.02. The first kappa shape index (κ1) is 15.2. The first-order chi connectivity index (χ1) is 10.1. The Morgan fingerprint density at radius 1 is 1.14 bits per heavy atom. The molecule has 1 aromatic carbocycles. The average Bonchev–Trinajstić information content (AvgIpc) is 2.96. The molecule has 0 bridgehead atoms. The van der Waals surface area contributed by atoms with E-state index in [4.69, 9.17) is 4.42 Å². The molecule has 2 rings (SSSR count). The quantitative estimate of drug-likeness (QED) is 0.819. The maximum Gasteiger partial charge on any atom is 0.247 e. The van der Waals surface area contributed by atoms with Gasteiger partial charge in [-0.3, -0.25) is 4.79 Å². The summed E-state index contributed by atoms with van der Waals surface area (Å²) in [5.74, 6) is 1.13. The molecule has 0 aliphatic heterocycles. The van der Waals surface area contributed by atoms with Crippen molar-refractivity contribution in [3.8, 4) is 11.5 Å². The van der Waals surface area contributed by atoms with Crippen molar-refractivity contribution < 1.29 is 9.21 Å². The number of amides is 1. The molecule has 0 aliphatic rings. The second-order valence-electron chi connectivity index (χ2n) is 4.93. The average molecular weight is 287 g/mol. The minimum atomic E-state index is 0.120. The largest absolute Gasteiger partial charge is 0.421 e. The molecule has 1 amide bonds. The summed E-state index contributed by atoms with van der Waals surface area (Å²) in [6.07, 6.45) is 0.880. The summed E-state index contributed by atoms with van der Waals surface area (Å²) < 4.78 is 5.61. The number of carbonyl (C=O) groups is 1. The Hall–Kier alpha value is -2.17. The highest BCUT2D eigenvalue weighted by atomic mass is 16.4.